The molecule has 0 aromatic carbocycles. The highest BCUT2D eigenvalue weighted by molar-refractivity contribution is 5.75. The van der Waals surface area contributed by atoms with Crippen LogP contribution in [0.1, 0.15) is 307 Å². The monoisotopic (exact) mass is 1840 g/mol. The largest absolute Gasteiger partial charge is 0.465 e. The van der Waals surface area contributed by atoms with Gasteiger partial charge in [-0.2, -0.15) is 0 Å². The smallest absolute Gasteiger partial charge is 0.308 e. The van der Waals surface area contributed by atoms with Crippen LogP contribution in [-0.2, 0) is 172 Å². The van der Waals surface area contributed by atoms with E-state index >= 15 is 0 Å². The molecule has 6 unspecified atom stereocenters. The maximum atomic E-state index is 11.8. The van der Waals surface area contributed by atoms with E-state index in [1.807, 2.05) is 125 Å². The number of ether oxygens (including phenoxy) is 18. The molecule has 0 saturated heterocycles. The topological polar surface area (TPSA) is 473 Å². The molecule has 0 aromatic rings. The Morgan fingerprint density at radius 2 is 0.508 bits per heavy atom. The summed E-state index contributed by atoms with van der Waals surface area (Å²) in [6.45, 7) is 61.0. The Bertz CT molecular complexity index is 3180. The molecule has 0 aliphatic rings. The second kappa shape index (κ2) is 74.3. The zero-order chi connectivity index (χ0) is 101. The summed E-state index contributed by atoms with van der Waals surface area (Å²) < 4.78 is 90.3. The molecular weight excluding hydrogens is 1680 g/mol. The van der Waals surface area contributed by atoms with Gasteiger partial charge >= 0.3 is 107 Å². The number of rotatable bonds is 50. The number of hydrogen-bond donors (Lipinski definition) is 0. The van der Waals surface area contributed by atoms with Crippen molar-refractivity contribution in [1.29, 1.82) is 0 Å². The van der Waals surface area contributed by atoms with Crippen LogP contribution in [0.25, 0.3) is 0 Å². The van der Waals surface area contributed by atoms with Crippen LogP contribution in [-0.4, -0.2) is 223 Å². The van der Waals surface area contributed by atoms with E-state index in [4.69, 9.17) is 75.8 Å². The number of hydrogen-bond acceptors (Lipinski definition) is 36. The second-order valence-electron chi connectivity index (χ2n) is 34.3. The lowest BCUT2D eigenvalue weighted by molar-refractivity contribution is -0.170. The van der Waals surface area contributed by atoms with Crippen molar-refractivity contribution in [3.63, 3.8) is 0 Å². The normalized spacial score (nSPS) is 12.3. The van der Waals surface area contributed by atoms with E-state index in [2.05, 4.69) is 16.4 Å². The molecule has 0 rings (SSSR count). The summed E-state index contributed by atoms with van der Waals surface area (Å²) in [6.07, 6.45) is 1.58. The lowest BCUT2D eigenvalue weighted by atomic mass is 9.81. The Labute approximate surface area is 761 Å². The number of esters is 18. The van der Waals surface area contributed by atoms with Gasteiger partial charge in [0, 0.05) is 117 Å². The van der Waals surface area contributed by atoms with E-state index in [0.717, 1.165) is 25.7 Å². The van der Waals surface area contributed by atoms with Crippen molar-refractivity contribution in [3.05, 3.63) is 0 Å². The predicted molar refractivity (Wildman–Crippen MR) is 470 cm³/mol. The van der Waals surface area contributed by atoms with Crippen molar-refractivity contribution in [1.82, 2.24) is 0 Å². The highest BCUT2D eigenvalue weighted by Crippen LogP contribution is 2.33. The van der Waals surface area contributed by atoms with Crippen LogP contribution in [0, 0.1) is 63.6 Å². The molecule has 746 valence electrons. The Morgan fingerprint density at radius 3 is 0.836 bits per heavy atom. The molecule has 0 radical (unpaired) electrons. The summed E-state index contributed by atoms with van der Waals surface area (Å²) in [4.78, 5) is 199. The zero-order valence-electron chi connectivity index (χ0n) is 83.7. The van der Waals surface area contributed by atoms with Crippen LogP contribution >= 0.6 is 0 Å². The van der Waals surface area contributed by atoms with Gasteiger partial charge in [0.15, 0.2) is 12.2 Å². The standard InChI is InChI=1S/2C16H30O4.C14H26O4.C13H20O8.C12H20O6.C12H22O4.C9H14O6/c1-10(2)13(20-15(18)12(5)6)16(7,8)9-19-14(17)11(3)4;1-12(2)15(17)19-10-8-6-7-9-14(5)11-20-16(18)13(3)4;1-7-11(15)17-9-14(5,6)13(10(3)4)18-12(16)8-2;1-8(14)18-6-12(20-10(3)16)5-13(21-11(4)17)7-19-9(2)15;1-4-10(13)16-7-9(18-12(15)6-3)8-17-11(14)5-2;1-8(2)11(16-10(4)14)12(5,6)7-15-9(3)13;1-6(10)13-4-9(15-8(3)12)5-14-7(2)11/h10-13H,9H2,1-8H3;12-14H,6-11H2,1-5H3;10,13H,7-9H2,1-6H3;12-13H,5-7H2,1-4H3;9H,4-8H2,1-3H3;8,11H,7H2,1-6H3;9H,4-5H2,1-3H3. The molecule has 0 N–H and O–H groups in total. The first-order valence-electron chi connectivity index (χ1n) is 43.8. The van der Waals surface area contributed by atoms with E-state index in [-0.39, 0.29) is 203 Å². The summed E-state index contributed by atoms with van der Waals surface area (Å²) in [5, 5.41) is 0. The van der Waals surface area contributed by atoms with E-state index in [9.17, 15) is 86.3 Å². The minimum absolute atomic E-state index is 0.0414. The fraction of sp³-hybridized carbons (Fsp3) is 0.804. The van der Waals surface area contributed by atoms with Crippen LogP contribution in [0.3, 0.4) is 0 Å². The summed E-state index contributed by atoms with van der Waals surface area (Å²) in [5.74, 6) is -6.23. The van der Waals surface area contributed by atoms with Crippen LogP contribution in [0.15, 0.2) is 0 Å². The van der Waals surface area contributed by atoms with Gasteiger partial charge in [-0.3, -0.25) is 86.3 Å². The first kappa shape index (κ1) is 132. The molecule has 0 amide bonds. The highest BCUT2D eigenvalue weighted by atomic mass is 16.6. The molecule has 0 heterocycles. The summed E-state index contributed by atoms with van der Waals surface area (Å²) >= 11 is 0. The molecule has 36 heteroatoms. The van der Waals surface area contributed by atoms with Crippen molar-refractivity contribution in [2.45, 2.75) is 349 Å². The van der Waals surface area contributed by atoms with Gasteiger partial charge < -0.3 is 85.3 Å². The van der Waals surface area contributed by atoms with Gasteiger partial charge in [0.2, 0.25) is 0 Å². The molecule has 0 bridgehead atoms. The van der Waals surface area contributed by atoms with Gasteiger partial charge in [-0.25, -0.2) is 0 Å². The molecule has 0 aliphatic heterocycles. The van der Waals surface area contributed by atoms with E-state index < -0.39 is 89.5 Å². The lowest BCUT2D eigenvalue weighted by Crippen LogP contribution is -2.42. The lowest BCUT2D eigenvalue weighted by Gasteiger charge is -2.36. The van der Waals surface area contributed by atoms with E-state index in [0.29, 0.717) is 32.0 Å². The highest BCUT2D eigenvalue weighted by Gasteiger charge is 2.39. The third-order valence-corrected chi connectivity index (χ3v) is 16.8. The van der Waals surface area contributed by atoms with Crippen molar-refractivity contribution in [2.75, 3.05) is 72.7 Å². The average Bonchev–Trinajstić information content (AvgIpc) is 0.852. The van der Waals surface area contributed by atoms with Crippen molar-refractivity contribution in [2.24, 2.45) is 63.6 Å². The zero-order valence-corrected chi connectivity index (χ0v) is 83.7. The minimum atomic E-state index is -0.800. The quantitative estimate of drug-likeness (QED) is 0.0310. The van der Waals surface area contributed by atoms with Crippen molar-refractivity contribution in [3.8, 4) is 0 Å². The number of unbranched alkanes of at least 4 members (excludes halogenated alkanes) is 2. The van der Waals surface area contributed by atoms with Crippen LogP contribution in [0.4, 0.5) is 0 Å². The predicted octanol–water partition coefficient (Wildman–Crippen LogP) is 13.7. The maximum Gasteiger partial charge on any atom is 0.308 e. The van der Waals surface area contributed by atoms with Crippen LogP contribution in [0.2, 0.25) is 0 Å². The molecule has 6 atom stereocenters. The SMILES string of the molecule is CC(=O)OCC(C)(C)C(OC(C)=O)C(C)C.CC(=O)OCC(CC(COC(C)=O)OC(C)=O)OC(C)=O.CC(=O)OCC(COC(C)=O)OC(C)=O.CC(C)C(=O)OCC(C)(C)C(OC(=O)C(C)C)C(C)C.CC(CCCCCOC(=O)C(C)C)COC(=O)C(C)C.CCC(=O)OCC(C)(C)C(OC(=O)CC)C(C)C.CCC(=O)OCC(COC(=O)CC)OC(=O)CC. The Morgan fingerprint density at radius 1 is 0.234 bits per heavy atom. The molecule has 0 saturated carbocycles. The Hall–Kier alpha value is -9.54. The second-order valence-corrected chi connectivity index (χ2v) is 34.3. The van der Waals surface area contributed by atoms with Gasteiger partial charge in [-0.1, -0.05) is 193 Å². The Kier molecular flexibility index (Phi) is 76.3. The third-order valence-electron chi connectivity index (χ3n) is 16.8. The van der Waals surface area contributed by atoms with Gasteiger partial charge in [0.05, 0.1) is 56.7 Å². The molecule has 36 nitrogen and oxygen atoms in total. The van der Waals surface area contributed by atoms with Crippen LogP contribution in [0.5, 0.6) is 0 Å². The fourth-order valence-electron chi connectivity index (χ4n) is 10.4. The summed E-state index contributed by atoms with van der Waals surface area (Å²) in [7, 11) is 0. The van der Waals surface area contributed by atoms with Crippen LogP contribution < -0.4 is 0 Å². The average molecular weight is 1840 g/mol. The molecule has 0 spiro atoms. The third kappa shape index (κ3) is 78.7. The maximum absolute atomic E-state index is 11.8. The van der Waals surface area contributed by atoms with Crippen molar-refractivity contribution < 1.29 is 172 Å². The molecular formula is C92H162O36. The number of carbonyl (C=O) groups excluding carboxylic acids is 18. The first-order valence-corrected chi connectivity index (χ1v) is 43.8. The summed E-state index contributed by atoms with van der Waals surface area (Å²) in [6, 6.07) is 0. The minimum Gasteiger partial charge on any atom is -0.465 e. The molecule has 0 aromatic heterocycles. The van der Waals surface area contributed by atoms with E-state index in [1.165, 1.54) is 62.3 Å². The van der Waals surface area contributed by atoms with Crippen molar-refractivity contribution >= 4 is 107 Å². The first-order chi connectivity index (χ1) is 58.9. The van der Waals surface area contributed by atoms with Gasteiger partial charge in [0.25, 0.3) is 0 Å². The molecule has 128 heavy (non-hydrogen) atoms. The summed E-state index contributed by atoms with van der Waals surface area (Å²) in [5.41, 5.74) is -1.18. The Balaban J connectivity index is -0.000000268. The van der Waals surface area contributed by atoms with E-state index in [1.54, 1.807) is 48.5 Å². The number of carbonyl (C=O) groups is 18. The van der Waals surface area contributed by atoms with Gasteiger partial charge in [0.1, 0.15) is 70.2 Å². The van der Waals surface area contributed by atoms with Gasteiger partial charge in [-0.15, -0.1) is 0 Å². The fourth-order valence-corrected chi connectivity index (χ4v) is 10.4. The molecule has 0 aliphatic carbocycles. The van der Waals surface area contributed by atoms with Gasteiger partial charge in [-0.05, 0) is 36.5 Å². The molecule has 0 fully saturated rings.